The number of hydrogen-bond acceptors (Lipinski definition) is 5. The summed E-state index contributed by atoms with van der Waals surface area (Å²) in [5.41, 5.74) is 0.807. The first-order valence-electron chi connectivity index (χ1n) is 8.58. The van der Waals surface area contributed by atoms with Gasteiger partial charge in [0.25, 0.3) is 0 Å². The van der Waals surface area contributed by atoms with E-state index in [0.717, 1.165) is 17.0 Å². The van der Waals surface area contributed by atoms with E-state index in [0.29, 0.717) is 34.5 Å². The summed E-state index contributed by atoms with van der Waals surface area (Å²) in [5, 5.41) is 2.97. The van der Waals surface area contributed by atoms with Gasteiger partial charge in [-0.1, -0.05) is 18.5 Å². The number of ether oxygens (including phenoxy) is 2. The van der Waals surface area contributed by atoms with E-state index in [-0.39, 0.29) is 6.54 Å². The standard InChI is InChI=1S/C19H23ClN2O5S/c1-4-11-27-16-8-6-15(7-9-16)22(28(3,24)25)13-19(23)21-14-5-10-18(26-2)17(20)12-14/h5-10,12H,4,11,13H2,1-3H3,(H,21,23). The lowest BCUT2D eigenvalue weighted by Gasteiger charge is -2.22. The fourth-order valence-electron chi connectivity index (χ4n) is 2.40. The Labute approximate surface area is 170 Å². The lowest BCUT2D eigenvalue weighted by molar-refractivity contribution is -0.114. The molecule has 0 aromatic heterocycles. The molecule has 1 amide bonds. The molecule has 7 nitrogen and oxygen atoms in total. The Morgan fingerprint density at radius 3 is 2.39 bits per heavy atom. The average Bonchev–Trinajstić information content (AvgIpc) is 2.64. The average molecular weight is 427 g/mol. The van der Waals surface area contributed by atoms with Gasteiger partial charge in [0.05, 0.1) is 30.7 Å². The molecule has 0 unspecified atom stereocenters. The molecule has 0 atom stereocenters. The lowest BCUT2D eigenvalue weighted by atomic mass is 10.3. The molecule has 0 fully saturated rings. The normalized spacial score (nSPS) is 11.0. The Bertz CT molecular complexity index is 916. The molecule has 2 aromatic rings. The van der Waals surface area contributed by atoms with Gasteiger partial charge in [0, 0.05) is 5.69 Å². The highest BCUT2D eigenvalue weighted by Gasteiger charge is 2.21. The minimum Gasteiger partial charge on any atom is -0.495 e. The number of halogens is 1. The number of benzene rings is 2. The van der Waals surface area contributed by atoms with Crippen LogP contribution in [-0.4, -0.2) is 40.8 Å². The van der Waals surface area contributed by atoms with Gasteiger partial charge in [-0.05, 0) is 48.9 Å². The van der Waals surface area contributed by atoms with Gasteiger partial charge in [0.15, 0.2) is 0 Å². The Morgan fingerprint density at radius 2 is 1.86 bits per heavy atom. The lowest BCUT2D eigenvalue weighted by Crippen LogP contribution is -2.37. The predicted octanol–water partition coefficient (Wildman–Crippen LogP) is 3.54. The first-order chi connectivity index (χ1) is 13.2. The van der Waals surface area contributed by atoms with Crippen LogP contribution < -0.4 is 19.1 Å². The molecule has 2 aromatic carbocycles. The molecular weight excluding hydrogens is 404 g/mol. The van der Waals surface area contributed by atoms with Crippen molar-refractivity contribution >= 4 is 38.9 Å². The Hall–Kier alpha value is -2.45. The van der Waals surface area contributed by atoms with Gasteiger partial charge in [-0.2, -0.15) is 0 Å². The third kappa shape index (κ3) is 6.03. The molecular formula is C19H23ClN2O5S. The van der Waals surface area contributed by atoms with E-state index in [2.05, 4.69) is 5.32 Å². The van der Waals surface area contributed by atoms with Crippen molar-refractivity contribution in [2.75, 3.05) is 36.1 Å². The number of anilines is 2. The first-order valence-corrected chi connectivity index (χ1v) is 10.8. The van der Waals surface area contributed by atoms with Crippen LogP contribution in [0.25, 0.3) is 0 Å². The van der Waals surface area contributed by atoms with Crippen LogP contribution in [0.5, 0.6) is 11.5 Å². The van der Waals surface area contributed by atoms with Crippen molar-refractivity contribution in [1.29, 1.82) is 0 Å². The Balaban J connectivity index is 2.13. The predicted molar refractivity (Wildman–Crippen MR) is 111 cm³/mol. The van der Waals surface area contributed by atoms with E-state index in [1.54, 1.807) is 36.4 Å². The monoisotopic (exact) mass is 426 g/mol. The van der Waals surface area contributed by atoms with Crippen LogP contribution in [0.4, 0.5) is 11.4 Å². The minimum atomic E-state index is -3.67. The van der Waals surface area contributed by atoms with Gasteiger partial charge in [-0.3, -0.25) is 9.10 Å². The van der Waals surface area contributed by atoms with Gasteiger partial charge in [-0.25, -0.2) is 8.42 Å². The summed E-state index contributed by atoms with van der Waals surface area (Å²) in [6, 6.07) is 11.3. The van der Waals surface area contributed by atoms with Crippen molar-refractivity contribution in [3.8, 4) is 11.5 Å². The molecule has 152 valence electrons. The number of nitrogens with zero attached hydrogens (tertiary/aromatic N) is 1. The highest BCUT2D eigenvalue weighted by Crippen LogP contribution is 2.27. The molecule has 9 heteroatoms. The molecule has 0 heterocycles. The fraction of sp³-hybridized carbons (Fsp3) is 0.316. The number of nitrogens with one attached hydrogen (secondary N) is 1. The number of sulfonamides is 1. The van der Waals surface area contributed by atoms with Crippen molar-refractivity contribution in [3.63, 3.8) is 0 Å². The zero-order chi connectivity index (χ0) is 20.7. The van der Waals surface area contributed by atoms with Crippen molar-refractivity contribution in [2.45, 2.75) is 13.3 Å². The third-order valence-corrected chi connectivity index (χ3v) is 5.16. The highest BCUT2D eigenvalue weighted by molar-refractivity contribution is 7.92. The maximum absolute atomic E-state index is 12.4. The van der Waals surface area contributed by atoms with E-state index in [1.807, 2.05) is 6.92 Å². The van der Waals surface area contributed by atoms with E-state index >= 15 is 0 Å². The summed E-state index contributed by atoms with van der Waals surface area (Å²) in [5.74, 6) is 0.608. The molecule has 0 radical (unpaired) electrons. The van der Waals surface area contributed by atoms with Crippen LogP contribution in [0.15, 0.2) is 42.5 Å². The van der Waals surface area contributed by atoms with Gasteiger partial charge >= 0.3 is 0 Å². The zero-order valence-corrected chi connectivity index (χ0v) is 17.5. The number of carbonyl (C=O) groups excluding carboxylic acids is 1. The van der Waals surface area contributed by atoms with Crippen molar-refractivity contribution in [2.24, 2.45) is 0 Å². The molecule has 0 spiro atoms. The van der Waals surface area contributed by atoms with Gasteiger partial charge in [-0.15, -0.1) is 0 Å². The molecule has 28 heavy (non-hydrogen) atoms. The topological polar surface area (TPSA) is 84.9 Å². The molecule has 2 rings (SSSR count). The molecule has 0 saturated heterocycles. The van der Waals surface area contributed by atoms with Crippen LogP contribution >= 0.6 is 11.6 Å². The SMILES string of the molecule is CCCOc1ccc(N(CC(=O)Nc2ccc(OC)c(Cl)c2)S(C)(=O)=O)cc1. The van der Waals surface area contributed by atoms with Crippen LogP contribution in [0.3, 0.4) is 0 Å². The molecule has 0 aliphatic carbocycles. The number of carbonyl (C=O) groups is 1. The first kappa shape index (κ1) is 21.8. The highest BCUT2D eigenvalue weighted by atomic mass is 35.5. The number of methoxy groups -OCH3 is 1. The molecule has 0 saturated carbocycles. The summed E-state index contributed by atoms with van der Waals surface area (Å²) in [7, 11) is -2.18. The second-order valence-electron chi connectivity index (χ2n) is 6.01. The third-order valence-electron chi connectivity index (χ3n) is 3.72. The molecule has 0 bridgehead atoms. The fourth-order valence-corrected chi connectivity index (χ4v) is 3.52. The summed E-state index contributed by atoms with van der Waals surface area (Å²) in [6.45, 7) is 2.19. The number of amides is 1. The van der Waals surface area contributed by atoms with Crippen LogP contribution in [0.2, 0.25) is 5.02 Å². The van der Waals surface area contributed by atoms with Crippen molar-refractivity contribution in [1.82, 2.24) is 0 Å². The maximum atomic E-state index is 12.4. The molecule has 0 aliphatic heterocycles. The van der Waals surface area contributed by atoms with Crippen LogP contribution in [-0.2, 0) is 14.8 Å². The zero-order valence-electron chi connectivity index (χ0n) is 15.9. The Morgan fingerprint density at radius 1 is 1.18 bits per heavy atom. The van der Waals surface area contributed by atoms with E-state index in [9.17, 15) is 13.2 Å². The molecule has 0 aliphatic rings. The van der Waals surface area contributed by atoms with Crippen molar-refractivity contribution in [3.05, 3.63) is 47.5 Å². The smallest absolute Gasteiger partial charge is 0.245 e. The summed E-state index contributed by atoms with van der Waals surface area (Å²) < 4.78 is 36.0. The quantitative estimate of drug-likeness (QED) is 0.662. The van der Waals surface area contributed by atoms with Crippen LogP contribution in [0, 0.1) is 0 Å². The van der Waals surface area contributed by atoms with Crippen molar-refractivity contribution < 1.29 is 22.7 Å². The van der Waals surface area contributed by atoms with E-state index in [1.165, 1.54) is 13.2 Å². The maximum Gasteiger partial charge on any atom is 0.245 e. The van der Waals surface area contributed by atoms with Crippen LogP contribution in [0.1, 0.15) is 13.3 Å². The molecule has 1 N–H and O–H groups in total. The largest absolute Gasteiger partial charge is 0.495 e. The van der Waals surface area contributed by atoms with Gasteiger partial charge in [0.2, 0.25) is 15.9 Å². The summed E-state index contributed by atoms with van der Waals surface area (Å²) in [4.78, 5) is 12.4. The number of hydrogen-bond donors (Lipinski definition) is 1. The number of rotatable bonds is 9. The van der Waals surface area contributed by atoms with Gasteiger partial charge < -0.3 is 14.8 Å². The Kier molecular flexibility index (Phi) is 7.53. The minimum absolute atomic E-state index is 0.336. The van der Waals surface area contributed by atoms with E-state index < -0.39 is 15.9 Å². The summed E-state index contributed by atoms with van der Waals surface area (Å²) in [6.07, 6.45) is 1.92. The second kappa shape index (κ2) is 9.66. The summed E-state index contributed by atoms with van der Waals surface area (Å²) >= 11 is 6.04. The van der Waals surface area contributed by atoms with E-state index in [4.69, 9.17) is 21.1 Å². The second-order valence-corrected chi connectivity index (χ2v) is 8.32. The van der Waals surface area contributed by atoms with Gasteiger partial charge in [0.1, 0.15) is 18.0 Å².